The number of aryl methyl sites for hydroxylation is 1. The van der Waals surface area contributed by atoms with E-state index in [0.717, 1.165) is 28.4 Å². The summed E-state index contributed by atoms with van der Waals surface area (Å²) in [6.45, 7) is 27.4. The predicted molar refractivity (Wildman–Crippen MR) is 204 cm³/mol. The molecule has 5 heteroatoms. The second kappa shape index (κ2) is 21.5. The van der Waals surface area contributed by atoms with Crippen LogP contribution < -0.4 is 0 Å². The first-order chi connectivity index (χ1) is 21.8. The van der Waals surface area contributed by atoms with Crippen LogP contribution in [0.3, 0.4) is 0 Å². The minimum Gasteiger partial charge on any atom is -0.677 e. The number of nitrogens with zero attached hydrogens (tertiary/aromatic N) is 3. The summed E-state index contributed by atoms with van der Waals surface area (Å²) in [5.41, 5.74) is 8.21. The minimum atomic E-state index is -1.28. The summed E-state index contributed by atoms with van der Waals surface area (Å²) in [5, 5.41) is 10.0. The van der Waals surface area contributed by atoms with Crippen molar-refractivity contribution in [3.05, 3.63) is 181 Å². The Morgan fingerprint density at radius 2 is 1.00 bits per heavy atom. The Hall–Kier alpha value is -3.41. The van der Waals surface area contributed by atoms with Gasteiger partial charge in [-0.25, -0.2) is 0 Å². The fraction of sp³-hybridized carbons (Fsp3) is 0.286. The number of hydrogen-bond acceptors (Lipinski definition) is 1. The SMILES string of the molecule is CC(C)c1cccc(C(C)C)c1[N-]C(C[Si](C)(C)C)c1ccn(C)n1.[CH2-]c1ccccc1.[CH2-]c1ccccc1.[CH2-]c1ccccc1.[Hf]. The van der Waals surface area contributed by atoms with E-state index in [-0.39, 0.29) is 31.9 Å². The Balaban J connectivity index is 0.000000401. The molecule has 0 amide bonds. The van der Waals surface area contributed by atoms with Crippen LogP contribution in [0.5, 0.6) is 0 Å². The predicted octanol–water partition coefficient (Wildman–Crippen LogP) is 12.4. The van der Waals surface area contributed by atoms with Gasteiger partial charge in [-0.3, -0.25) is 4.68 Å². The molecule has 4 aromatic carbocycles. The van der Waals surface area contributed by atoms with Crippen molar-refractivity contribution in [3.63, 3.8) is 0 Å². The Morgan fingerprint density at radius 1 is 0.617 bits per heavy atom. The third kappa shape index (κ3) is 16.8. The summed E-state index contributed by atoms with van der Waals surface area (Å²) in [6.07, 6.45) is 2.03. The molecule has 250 valence electrons. The summed E-state index contributed by atoms with van der Waals surface area (Å²) < 4.78 is 1.89. The molecule has 0 aliphatic rings. The van der Waals surface area contributed by atoms with Gasteiger partial charge in [-0.1, -0.05) is 107 Å². The van der Waals surface area contributed by atoms with Gasteiger partial charge in [0.05, 0.1) is 0 Å². The smallest absolute Gasteiger partial charge is 0.0477 e. The average molecular weight is 808 g/mol. The van der Waals surface area contributed by atoms with Crippen molar-refractivity contribution >= 4 is 13.8 Å². The molecule has 0 aliphatic heterocycles. The van der Waals surface area contributed by atoms with Gasteiger partial charge in [0.15, 0.2) is 0 Å². The molecule has 0 spiro atoms. The van der Waals surface area contributed by atoms with Crippen molar-refractivity contribution in [1.29, 1.82) is 0 Å². The molecule has 0 saturated heterocycles. The summed E-state index contributed by atoms with van der Waals surface area (Å²) in [7, 11) is 0.703. The molecular formula is C42H55HfN3Si-4. The fourth-order valence-corrected chi connectivity index (χ4v) is 6.12. The summed E-state index contributed by atoms with van der Waals surface area (Å²) in [4.78, 5) is 0. The normalized spacial score (nSPS) is 11.0. The van der Waals surface area contributed by atoms with Gasteiger partial charge in [-0.2, -0.15) is 79.0 Å². The topological polar surface area (TPSA) is 31.9 Å². The van der Waals surface area contributed by atoms with E-state index in [0.29, 0.717) is 11.8 Å². The molecule has 0 bridgehead atoms. The molecule has 0 fully saturated rings. The van der Waals surface area contributed by atoms with Gasteiger partial charge in [0.2, 0.25) is 0 Å². The van der Waals surface area contributed by atoms with E-state index in [2.05, 4.69) is 97.5 Å². The molecule has 5 aromatic rings. The molecule has 3 nitrogen and oxygen atoms in total. The van der Waals surface area contributed by atoms with E-state index in [1.54, 1.807) is 0 Å². The second-order valence-corrected chi connectivity index (χ2v) is 18.9. The van der Waals surface area contributed by atoms with Crippen molar-refractivity contribution in [3.8, 4) is 0 Å². The van der Waals surface area contributed by atoms with Gasteiger partial charge in [0, 0.05) is 52.9 Å². The van der Waals surface area contributed by atoms with Crippen molar-refractivity contribution in [1.82, 2.24) is 9.78 Å². The van der Waals surface area contributed by atoms with Crippen molar-refractivity contribution in [2.75, 3.05) is 0 Å². The van der Waals surface area contributed by atoms with Crippen molar-refractivity contribution in [2.24, 2.45) is 7.05 Å². The number of aromatic nitrogens is 2. The molecule has 5 rings (SSSR count). The number of rotatable bonds is 7. The van der Waals surface area contributed by atoms with Crippen LogP contribution in [0.25, 0.3) is 5.32 Å². The van der Waals surface area contributed by atoms with Crippen molar-refractivity contribution < 1.29 is 25.8 Å². The van der Waals surface area contributed by atoms with E-state index in [1.807, 2.05) is 109 Å². The third-order valence-electron chi connectivity index (χ3n) is 7.04. The zero-order valence-electron chi connectivity index (χ0n) is 29.9. The molecule has 0 aliphatic carbocycles. The molecule has 1 unspecified atom stereocenters. The zero-order chi connectivity index (χ0) is 34.1. The third-order valence-corrected chi connectivity index (χ3v) is 8.65. The largest absolute Gasteiger partial charge is 0.677 e. The first kappa shape index (κ1) is 41.6. The molecule has 1 heterocycles. The van der Waals surface area contributed by atoms with Gasteiger partial charge in [0.1, 0.15) is 0 Å². The molecule has 0 radical (unpaired) electrons. The van der Waals surface area contributed by atoms with Gasteiger partial charge in [-0.15, -0.1) is 42.1 Å². The van der Waals surface area contributed by atoms with Crippen molar-refractivity contribution in [2.45, 2.75) is 71.3 Å². The number of para-hydroxylation sites is 1. The first-order valence-electron chi connectivity index (χ1n) is 16.2. The van der Waals surface area contributed by atoms with E-state index in [4.69, 9.17) is 5.32 Å². The zero-order valence-corrected chi connectivity index (χ0v) is 34.5. The summed E-state index contributed by atoms with van der Waals surface area (Å²) in [6, 6.07) is 39.7. The Labute approximate surface area is 307 Å². The molecule has 1 aromatic heterocycles. The standard InChI is InChI=1S/C21H34N3Si.3C7H7.Hf/c1-15(2)17-10-9-11-18(16(3)4)21(17)22-20(14-25(6,7)8)19-12-13-24(5)23-19;3*1-7-5-3-2-4-6-7;/h9-13,15-16,20H,14H2,1-8H3;3*2-6H,1H2;/q4*-1;. The fourth-order valence-electron chi connectivity index (χ4n) is 4.66. The number of benzene rings is 4. The van der Waals surface area contributed by atoms with Crippen LogP contribution in [-0.4, -0.2) is 17.9 Å². The van der Waals surface area contributed by atoms with Crippen LogP contribution in [0.1, 0.15) is 79.1 Å². The maximum atomic E-state index is 5.33. The Kier molecular flexibility index (Phi) is 19.0. The summed E-state index contributed by atoms with van der Waals surface area (Å²) in [5.74, 6) is 0.933. The average Bonchev–Trinajstić information content (AvgIpc) is 3.44. The maximum Gasteiger partial charge on any atom is 0.0477 e. The van der Waals surface area contributed by atoms with Crippen LogP contribution >= 0.6 is 0 Å². The van der Waals surface area contributed by atoms with Gasteiger partial charge < -0.3 is 5.32 Å². The maximum absolute atomic E-state index is 5.33. The molecule has 47 heavy (non-hydrogen) atoms. The van der Waals surface area contributed by atoms with Crippen LogP contribution in [0.15, 0.2) is 121 Å². The van der Waals surface area contributed by atoms with Gasteiger partial charge >= 0.3 is 0 Å². The molecular weight excluding hydrogens is 753 g/mol. The van der Waals surface area contributed by atoms with E-state index in [9.17, 15) is 0 Å². The van der Waals surface area contributed by atoms with E-state index >= 15 is 0 Å². The van der Waals surface area contributed by atoms with Gasteiger partial charge in [0.25, 0.3) is 0 Å². The quantitative estimate of drug-likeness (QED) is 0.119. The Bertz CT molecular complexity index is 1390. The Morgan fingerprint density at radius 3 is 1.26 bits per heavy atom. The molecule has 0 saturated carbocycles. The van der Waals surface area contributed by atoms with Crippen LogP contribution in [-0.2, 0) is 32.9 Å². The van der Waals surface area contributed by atoms with Gasteiger partial charge in [-0.05, 0) is 17.9 Å². The minimum absolute atomic E-state index is 0. The summed E-state index contributed by atoms with van der Waals surface area (Å²) >= 11 is 0. The number of hydrogen-bond donors (Lipinski definition) is 0. The van der Waals surface area contributed by atoms with E-state index < -0.39 is 8.07 Å². The first-order valence-corrected chi connectivity index (χ1v) is 19.9. The van der Waals surface area contributed by atoms with Crippen LogP contribution in [0.4, 0.5) is 5.69 Å². The second-order valence-electron chi connectivity index (χ2n) is 13.4. The monoisotopic (exact) mass is 809 g/mol. The van der Waals surface area contributed by atoms with Crippen LogP contribution in [0, 0.1) is 20.8 Å². The van der Waals surface area contributed by atoms with Crippen LogP contribution in [0.2, 0.25) is 25.7 Å². The molecule has 0 N–H and O–H groups in total. The molecule has 1 atom stereocenters. The van der Waals surface area contributed by atoms with E-state index in [1.165, 1.54) is 16.8 Å².